The zero-order chi connectivity index (χ0) is 21.9. The molecule has 1 unspecified atom stereocenters. The van der Waals surface area contributed by atoms with Crippen LogP contribution < -0.4 is 21.5 Å². The van der Waals surface area contributed by atoms with Gasteiger partial charge in [0, 0.05) is 47.4 Å². The molecule has 2 aliphatic rings. The van der Waals surface area contributed by atoms with E-state index < -0.39 is 0 Å². The number of carbonyl (C=O) groups excluding carboxylic acids is 1. The molecule has 5 rings (SSSR count). The zero-order valence-electron chi connectivity index (χ0n) is 17.8. The van der Waals surface area contributed by atoms with E-state index >= 15 is 0 Å². The first kappa shape index (κ1) is 20.9. The highest BCUT2D eigenvalue weighted by molar-refractivity contribution is 7.99. The van der Waals surface area contributed by atoms with E-state index in [1.54, 1.807) is 18.0 Å². The van der Waals surface area contributed by atoms with Gasteiger partial charge in [0.15, 0.2) is 0 Å². The van der Waals surface area contributed by atoms with Crippen LogP contribution in [0.5, 0.6) is 0 Å². The van der Waals surface area contributed by atoms with Crippen molar-refractivity contribution in [3.63, 3.8) is 0 Å². The number of imidazole rings is 1. The third-order valence-electron chi connectivity index (χ3n) is 5.60. The molecule has 2 aliphatic heterocycles. The number of amides is 1. The maximum atomic E-state index is 12.5. The lowest BCUT2D eigenvalue weighted by Crippen LogP contribution is -2.34. The number of carbonyl (C=O) groups is 1. The van der Waals surface area contributed by atoms with Crippen LogP contribution in [0, 0.1) is 5.92 Å². The lowest BCUT2D eigenvalue weighted by atomic mass is 9.97. The zero-order valence-corrected chi connectivity index (χ0v) is 18.7. The molecule has 9 nitrogen and oxygen atoms in total. The van der Waals surface area contributed by atoms with Crippen LogP contribution in [0.3, 0.4) is 0 Å². The molecule has 1 amide bonds. The first-order valence-corrected chi connectivity index (χ1v) is 11.7. The first-order valence-electron chi connectivity index (χ1n) is 10.9. The summed E-state index contributed by atoms with van der Waals surface area (Å²) in [6.45, 7) is 3.90. The van der Waals surface area contributed by atoms with E-state index in [1.165, 1.54) is 0 Å². The van der Waals surface area contributed by atoms with Crippen molar-refractivity contribution < 1.29 is 4.79 Å². The second-order valence-corrected chi connectivity index (χ2v) is 9.22. The maximum absolute atomic E-state index is 12.5. The Bertz CT molecular complexity index is 1140. The van der Waals surface area contributed by atoms with E-state index in [0.29, 0.717) is 12.0 Å². The molecule has 2 aromatic heterocycles. The smallest absolute Gasteiger partial charge is 0.238 e. The highest BCUT2D eigenvalue weighted by Gasteiger charge is 2.21. The fourth-order valence-electron chi connectivity index (χ4n) is 3.87. The van der Waals surface area contributed by atoms with Crippen LogP contribution in [0.1, 0.15) is 26.2 Å². The Balaban J connectivity index is 1.30. The summed E-state index contributed by atoms with van der Waals surface area (Å²) in [5.74, 6) is 1.64. The number of amidine groups is 1. The minimum Gasteiger partial charge on any atom is -0.326 e. The summed E-state index contributed by atoms with van der Waals surface area (Å²) >= 11 is 1.54. The molecule has 4 N–H and O–H groups in total. The lowest BCUT2D eigenvalue weighted by Gasteiger charge is -2.21. The lowest BCUT2D eigenvalue weighted by molar-refractivity contribution is -0.120. The highest BCUT2D eigenvalue weighted by atomic mass is 32.2. The number of fused-ring (bicyclic) bond motifs is 1. The monoisotopic (exact) mass is 450 g/mol. The number of benzene rings is 1. The number of piperidine rings is 1. The number of aromatic nitrogens is 3. The standard InChI is InChI=1S/C22H26N8OS/c1-14-12-18(29-28-14)26-22-27-20(13-19-24-10-11-30(19)22)32-17-4-2-16(3-5-17)25-21(31)15-6-8-23-9-7-15/h2-5,10-11,13-15,23,28H,6-9,12H2,1H3,(H,25,31)(H,26,27,29). The molecule has 166 valence electrons. The topological polar surface area (TPSA) is 108 Å². The van der Waals surface area contributed by atoms with Gasteiger partial charge in [-0.2, -0.15) is 4.99 Å². The van der Waals surface area contributed by atoms with E-state index in [0.717, 1.165) is 59.4 Å². The SMILES string of the molecule is CC1C/C(=N\c2nc(Sc3ccc(NC(=O)C4CCNCC4)cc3)cc3nccn23)NN1. The normalized spacial score (nSPS) is 20.5. The quantitative estimate of drug-likeness (QED) is 0.443. The molecule has 1 aromatic carbocycles. The average Bonchev–Trinajstić information content (AvgIpc) is 3.44. The number of aliphatic imine (C=N–C) groups is 1. The Kier molecular flexibility index (Phi) is 6.06. The third-order valence-corrected chi connectivity index (χ3v) is 6.53. The molecule has 10 heteroatoms. The summed E-state index contributed by atoms with van der Waals surface area (Å²) in [4.78, 5) is 27.3. The summed E-state index contributed by atoms with van der Waals surface area (Å²) in [5, 5.41) is 7.14. The van der Waals surface area contributed by atoms with Crippen LogP contribution in [-0.4, -0.2) is 45.2 Å². The van der Waals surface area contributed by atoms with E-state index in [4.69, 9.17) is 9.98 Å². The Morgan fingerprint density at radius 2 is 2.06 bits per heavy atom. The Morgan fingerprint density at radius 3 is 2.81 bits per heavy atom. The van der Waals surface area contributed by atoms with Crippen molar-refractivity contribution in [3.8, 4) is 0 Å². The van der Waals surface area contributed by atoms with Gasteiger partial charge < -0.3 is 16.1 Å². The number of hydrogen-bond acceptors (Lipinski definition) is 7. The minimum absolute atomic E-state index is 0.0864. The number of hydrazine groups is 1. The maximum Gasteiger partial charge on any atom is 0.238 e. The van der Waals surface area contributed by atoms with E-state index in [9.17, 15) is 4.79 Å². The second kappa shape index (κ2) is 9.27. The fourth-order valence-corrected chi connectivity index (χ4v) is 4.67. The van der Waals surface area contributed by atoms with Gasteiger partial charge in [-0.3, -0.25) is 9.20 Å². The van der Waals surface area contributed by atoms with Crippen molar-refractivity contribution in [2.24, 2.45) is 10.9 Å². The minimum atomic E-state index is 0.0864. The summed E-state index contributed by atoms with van der Waals surface area (Å²) in [6, 6.07) is 10.1. The summed E-state index contributed by atoms with van der Waals surface area (Å²) in [7, 11) is 0. The molecular weight excluding hydrogens is 424 g/mol. The van der Waals surface area contributed by atoms with Crippen molar-refractivity contribution in [2.45, 2.75) is 42.1 Å². The molecule has 2 saturated heterocycles. The molecule has 0 spiro atoms. The van der Waals surface area contributed by atoms with Crippen molar-refractivity contribution >= 4 is 40.8 Å². The van der Waals surface area contributed by atoms with E-state index in [-0.39, 0.29) is 11.8 Å². The number of nitrogens with zero attached hydrogens (tertiary/aromatic N) is 4. The van der Waals surface area contributed by atoms with Gasteiger partial charge in [0.25, 0.3) is 0 Å². The molecule has 32 heavy (non-hydrogen) atoms. The van der Waals surface area contributed by atoms with Crippen molar-refractivity contribution in [3.05, 3.63) is 42.7 Å². The van der Waals surface area contributed by atoms with Gasteiger partial charge in [0.1, 0.15) is 16.5 Å². The van der Waals surface area contributed by atoms with Crippen LogP contribution in [-0.2, 0) is 4.79 Å². The highest BCUT2D eigenvalue weighted by Crippen LogP contribution is 2.30. The summed E-state index contributed by atoms with van der Waals surface area (Å²) in [5.41, 5.74) is 7.87. The first-order chi connectivity index (χ1) is 15.6. The van der Waals surface area contributed by atoms with Crippen LogP contribution in [0.25, 0.3) is 5.65 Å². The van der Waals surface area contributed by atoms with Gasteiger partial charge in [-0.05, 0) is 57.1 Å². The molecule has 0 radical (unpaired) electrons. The molecule has 1 atom stereocenters. The predicted octanol–water partition coefficient (Wildman–Crippen LogP) is 2.73. The number of rotatable bonds is 5. The van der Waals surface area contributed by atoms with Gasteiger partial charge in [-0.15, -0.1) is 0 Å². The van der Waals surface area contributed by atoms with Crippen molar-refractivity contribution in [1.29, 1.82) is 0 Å². The van der Waals surface area contributed by atoms with Crippen LogP contribution in [0.15, 0.2) is 57.6 Å². The van der Waals surface area contributed by atoms with E-state index in [1.807, 2.05) is 40.9 Å². The van der Waals surface area contributed by atoms with E-state index in [2.05, 4.69) is 33.4 Å². The molecule has 0 saturated carbocycles. The van der Waals surface area contributed by atoms with Crippen LogP contribution in [0.4, 0.5) is 11.6 Å². The number of hydrogen-bond donors (Lipinski definition) is 4. The van der Waals surface area contributed by atoms with Crippen molar-refractivity contribution in [2.75, 3.05) is 18.4 Å². The van der Waals surface area contributed by atoms with Crippen LogP contribution >= 0.6 is 11.8 Å². The fraction of sp³-hybridized carbons (Fsp3) is 0.364. The van der Waals surface area contributed by atoms with Crippen molar-refractivity contribution in [1.82, 2.24) is 30.5 Å². The van der Waals surface area contributed by atoms with Gasteiger partial charge in [0.2, 0.25) is 11.9 Å². The molecule has 2 fully saturated rings. The molecular formula is C22H26N8OS. The van der Waals surface area contributed by atoms with Gasteiger partial charge >= 0.3 is 0 Å². The molecule has 3 aromatic rings. The Labute approximate surface area is 190 Å². The Hall–Kier alpha value is -2.95. The summed E-state index contributed by atoms with van der Waals surface area (Å²) in [6.07, 6.45) is 6.21. The second-order valence-electron chi connectivity index (χ2n) is 8.12. The van der Waals surface area contributed by atoms with Crippen LogP contribution in [0.2, 0.25) is 0 Å². The Morgan fingerprint density at radius 1 is 1.25 bits per heavy atom. The van der Waals surface area contributed by atoms with Gasteiger partial charge in [-0.25, -0.2) is 15.4 Å². The molecule has 0 bridgehead atoms. The summed E-state index contributed by atoms with van der Waals surface area (Å²) < 4.78 is 1.88. The predicted molar refractivity (Wildman–Crippen MR) is 125 cm³/mol. The molecule has 4 heterocycles. The number of nitrogens with one attached hydrogen (secondary N) is 4. The average molecular weight is 451 g/mol. The van der Waals surface area contributed by atoms with Gasteiger partial charge in [0.05, 0.1) is 0 Å². The third kappa shape index (κ3) is 4.77. The largest absolute Gasteiger partial charge is 0.326 e. The molecule has 0 aliphatic carbocycles. The van der Waals surface area contributed by atoms with Gasteiger partial charge in [-0.1, -0.05) is 11.8 Å². The number of anilines is 1.